The van der Waals surface area contributed by atoms with Crippen molar-refractivity contribution in [3.05, 3.63) is 177 Å². The molecule has 26 heteroatoms. The van der Waals surface area contributed by atoms with Crippen LogP contribution in [0, 0.1) is 0 Å². The molecule has 0 fully saturated rings. The number of aromatic hydroxyl groups is 2. The molecule has 0 aliphatic rings. The molecule has 88 heavy (non-hydrogen) atoms. The first-order chi connectivity index (χ1) is 40.1. The van der Waals surface area contributed by atoms with Crippen molar-refractivity contribution in [1.82, 2.24) is 0 Å². The summed E-state index contributed by atoms with van der Waals surface area (Å²) in [6.07, 6.45) is -27.3. The first kappa shape index (κ1) is 78.8. The highest BCUT2D eigenvalue weighted by Gasteiger charge is 2.35. The molecule has 0 atom stereocenters. The molecule has 4 N–H and O–H groups in total. The monoisotopic (exact) mass is 1280 g/mol. The minimum atomic E-state index is -4.70. The third-order valence-electron chi connectivity index (χ3n) is 11.8. The molecule has 0 amide bonds. The van der Waals surface area contributed by atoms with Crippen LogP contribution >= 0.6 is 0 Å². The van der Waals surface area contributed by atoms with E-state index in [9.17, 15) is 89.2 Å². The van der Waals surface area contributed by atoms with E-state index < -0.39 is 48.9 Å². The smallest absolute Gasteiger partial charge is 0.508 e. The molecule has 0 saturated heterocycles. The van der Waals surface area contributed by atoms with Gasteiger partial charge in [0, 0.05) is 5.56 Å². The summed E-state index contributed by atoms with van der Waals surface area (Å²) in [5.74, 6) is -0.746. The van der Waals surface area contributed by atoms with Crippen LogP contribution in [0.15, 0.2) is 121 Å². The highest BCUT2D eigenvalue weighted by Crippen LogP contribution is 2.37. The summed E-state index contributed by atoms with van der Waals surface area (Å²) in [5.41, 5.74) is 3.55. The van der Waals surface area contributed by atoms with Gasteiger partial charge in [-0.1, -0.05) is 119 Å². The van der Waals surface area contributed by atoms with Gasteiger partial charge >= 0.3 is 37.8 Å². The molecule has 6 aromatic carbocycles. The van der Waals surface area contributed by atoms with Crippen molar-refractivity contribution in [3.8, 4) is 34.5 Å². The van der Waals surface area contributed by atoms with E-state index in [1.807, 2.05) is 41.5 Å². The van der Waals surface area contributed by atoms with Crippen molar-refractivity contribution in [3.63, 3.8) is 0 Å². The van der Waals surface area contributed by atoms with Gasteiger partial charge in [0.1, 0.15) is 34.5 Å². The second-order valence-electron chi connectivity index (χ2n) is 20.8. The Kier molecular flexibility index (Phi) is 30.4. The van der Waals surface area contributed by atoms with E-state index >= 15 is 0 Å². The number of phenols is 2. The molecule has 0 saturated carbocycles. The maximum absolute atomic E-state index is 12.4. The van der Waals surface area contributed by atoms with Gasteiger partial charge < -0.3 is 39.4 Å². The molecule has 0 unspecified atom stereocenters. The fourth-order valence-corrected chi connectivity index (χ4v) is 7.41. The first-order valence-electron chi connectivity index (χ1n) is 26.6. The van der Waals surface area contributed by atoms with Gasteiger partial charge in [-0.05, 0) is 159 Å². The van der Waals surface area contributed by atoms with Gasteiger partial charge in [-0.25, -0.2) is 0 Å². The van der Waals surface area contributed by atoms with Crippen molar-refractivity contribution < 1.29 is 118 Å². The van der Waals surface area contributed by atoms with E-state index in [1.165, 1.54) is 60.7 Å². The molecular formula is C62H70F18O8. The van der Waals surface area contributed by atoms with Crippen LogP contribution in [-0.4, -0.2) is 45.9 Å². The minimum absolute atomic E-state index is 0.0268. The number of ether oxygens (including phenoxy) is 4. The van der Waals surface area contributed by atoms with Crippen molar-refractivity contribution in [1.29, 1.82) is 0 Å². The third kappa shape index (κ3) is 30.6. The van der Waals surface area contributed by atoms with Gasteiger partial charge in [-0.3, -0.25) is 0 Å². The Morgan fingerprint density at radius 1 is 0.307 bits per heavy atom. The summed E-state index contributed by atoms with van der Waals surface area (Å²) < 4.78 is 232. The quantitative estimate of drug-likeness (QED) is 0.0895. The van der Waals surface area contributed by atoms with Gasteiger partial charge in [-0.15, -0.1) is 52.7 Å². The van der Waals surface area contributed by atoms with Crippen LogP contribution in [0.3, 0.4) is 0 Å². The largest absolute Gasteiger partial charge is 0.573 e. The lowest BCUT2D eigenvalue weighted by Crippen LogP contribution is -2.17. The molecule has 0 aromatic heterocycles. The van der Waals surface area contributed by atoms with Crippen LogP contribution in [0.5, 0.6) is 34.5 Å². The Labute approximate surface area is 498 Å². The average Bonchev–Trinajstić information content (AvgIpc) is 2.74. The molecule has 6 aromatic rings. The topological polar surface area (TPSA) is 118 Å². The summed E-state index contributed by atoms with van der Waals surface area (Å²) in [7, 11) is 0. The molecule has 0 heterocycles. The molecular weight excluding hydrogens is 1210 g/mol. The lowest BCUT2D eigenvalue weighted by Gasteiger charge is -2.14. The first-order valence-corrected chi connectivity index (χ1v) is 26.6. The molecule has 0 aliphatic heterocycles. The van der Waals surface area contributed by atoms with Gasteiger partial charge in [-0.2, -0.15) is 26.3 Å². The number of hydrogen-bond donors (Lipinski definition) is 4. The number of hydrogen-bond acceptors (Lipinski definition) is 8. The average molecular weight is 1290 g/mol. The van der Waals surface area contributed by atoms with Crippen molar-refractivity contribution >= 4 is 0 Å². The van der Waals surface area contributed by atoms with Crippen molar-refractivity contribution in [2.75, 3.05) is 0 Å². The summed E-state index contributed by atoms with van der Waals surface area (Å²) in [4.78, 5) is 0. The molecule has 6 rings (SSSR count). The summed E-state index contributed by atoms with van der Waals surface area (Å²) in [6, 6.07) is 25.7. The van der Waals surface area contributed by atoms with Crippen LogP contribution in [0.2, 0.25) is 0 Å². The van der Waals surface area contributed by atoms with Crippen molar-refractivity contribution in [2.24, 2.45) is 0 Å². The maximum atomic E-state index is 12.4. The van der Waals surface area contributed by atoms with Crippen LogP contribution in [0.1, 0.15) is 174 Å². The predicted octanol–water partition coefficient (Wildman–Crippen LogP) is 20.9. The Morgan fingerprint density at radius 3 is 0.966 bits per heavy atom. The maximum Gasteiger partial charge on any atom is 0.573 e. The molecule has 0 radical (unpaired) electrons. The molecule has 492 valence electrons. The van der Waals surface area contributed by atoms with Crippen LogP contribution in [-0.2, 0) is 25.6 Å². The van der Waals surface area contributed by atoms with Crippen LogP contribution in [0.4, 0.5) is 79.0 Å². The lowest BCUT2D eigenvalue weighted by atomic mass is 9.95. The molecule has 0 spiro atoms. The number of benzene rings is 6. The molecule has 8 nitrogen and oxygen atoms in total. The second-order valence-corrected chi connectivity index (χ2v) is 20.8. The highest BCUT2D eigenvalue weighted by atomic mass is 19.4. The number of rotatable bonds is 12. The Hall–Kier alpha value is -7.22. The van der Waals surface area contributed by atoms with E-state index in [1.54, 1.807) is 65.8 Å². The second kappa shape index (κ2) is 33.9. The number of halogens is 18. The van der Waals surface area contributed by atoms with E-state index in [0.717, 1.165) is 47.5 Å². The summed E-state index contributed by atoms with van der Waals surface area (Å²) in [6.45, 7) is 21.6. The summed E-state index contributed by atoms with van der Waals surface area (Å²) in [5, 5.41) is 36.7. The van der Waals surface area contributed by atoms with Crippen LogP contribution < -0.4 is 18.9 Å². The number of alkyl halides is 18. The third-order valence-corrected chi connectivity index (χ3v) is 11.8. The highest BCUT2D eigenvalue weighted by molar-refractivity contribution is 5.42. The SMILES string of the molecule is CC(C)c1cc(C(F)(F)F)ccc1CO.CC(C)c1cc(C(F)(F)F)ccc1O.CC(C)c1cc(OC(F)(F)F)ccc1CO.CC(C)c1cc(OC(F)(F)F)ccc1O.CC(C)c1ccc(OC(F)(F)F)cc1.CC(C)c1cccc(OC(F)(F)F)c1. The van der Waals surface area contributed by atoms with Crippen molar-refractivity contribution in [2.45, 2.75) is 170 Å². The van der Waals surface area contributed by atoms with Gasteiger partial charge in [0.15, 0.2) is 0 Å². The molecule has 0 aliphatic carbocycles. The normalized spacial score (nSPS) is 12.0. The zero-order valence-corrected chi connectivity index (χ0v) is 49.7. The van der Waals surface area contributed by atoms with Crippen LogP contribution in [0.25, 0.3) is 0 Å². The lowest BCUT2D eigenvalue weighted by molar-refractivity contribution is -0.275. The molecule has 0 bridgehead atoms. The van der Waals surface area contributed by atoms with E-state index in [2.05, 4.69) is 18.9 Å². The minimum Gasteiger partial charge on any atom is -0.508 e. The number of aliphatic hydroxyl groups is 2. The Bertz CT molecular complexity index is 3010. The van der Waals surface area contributed by atoms with E-state index in [0.29, 0.717) is 39.3 Å². The van der Waals surface area contributed by atoms with E-state index in [4.69, 9.17) is 10.2 Å². The fourth-order valence-electron chi connectivity index (χ4n) is 7.41. The Balaban J connectivity index is 0.000000528. The fraction of sp³-hybridized carbons (Fsp3) is 0.419. The Morgan fingerprint density at radius 2 is 0.602 bits per heavy atom. The summed E-state index contributed by atoms with van der Waals surface area (Å²) >= 11 is 0. The van der Waals surface area contributed by atoms with E-state index in [-0.39, 0.29) is 77.3 Å². The zero-order valence-electron chi connectivity index (χ0n) is 49.7. The standard InChI is InChI=1S/C11H13F3O2.C11H13F3O.C10H11F3O2.3C10H11F3O/c1-7(2)10-5-9(16-11(12,13)14)4-3-8(10)6-15;1-7(2)10-5-9(11(12,13)14)4-3-8(10)6-15;1-6(2)8-5-7(3-4-9(8)14)15-10(11,12)13;1-7(2)8-3-5-9(6-4-8)14-10(11,12)13;1-6(2)8-5-7(10(11,12)13)3-4-9(8)14;1-7(2)8-4-3-5-9(6-8)14-10(11,12)13/h3-5,7,15H,6H2,1-2H3;3-5,7,15H,6H2,1-2H3;3-6,14H,1-2H3;3-7H,1-2H3;3-6,14H,1-2H3;3-7H,1-2H3. The zero-order chi connectivity index (χ0) is 68.1. The van der Waals surface area contributed by atoms with Gasteiger partial charge in [0.05, 0.1) is 24.3 Å². The van der Waals surface area contributed by atoms with Gasteiger partial charge in [0.2, 0.25) is 0 Å². The van der Waals surface area contributed by atoms with Gasteiger partial charge in [0.25, 0.3) is 0 Å². The predicted molar refractivity (Wildman–Crippen MR) is 295 cm³/mol. The number of phenolic OH excluding ortho intramolecular Hbond substituents is 2. The number of aliphatic hydroxyl groups excluding tert-OH is 2.